The zero-order valence-electron chi connectivity index (χ0n) is 27.6. The Bertz CT molecular complexity index is 1750. The van der Waals surface area contributed by atoms with Gasteiger partial charge in [-0.3, -0.25) is 13.9 Å². The highest BCUT2D eigenvalue weighted by Crippen LogP contribution is 2.27. The Morgan fingerprint density at radius 2 is 1.52 bits per heavy atom. The zero-order chi connectivity index (χ0) is 34.7. The van der Waals surface area contributed by atoms with Gasteiger partial charge in [-0.2, -0.15) is 0 Å². The number of ether oxygens (including phenoxy) is 2. The summed E-state index contributed by atoms with van der Waals surface area (Å²) in [6, 6.07) is 26.1. The lowest BCUT2D eigenvalue weighted by Crippen LogP contribution is -2.54. The van der Waals surface area contributed by atoms with Crippen LogP contribution in [0.5, 0.6) is 11.5 Å². The SMILES string of the molecule is CCOc1ccc(N(CC(=O)N(Cc2cccc(OC)c2)[C@H](Cc2ccccc2)C(=O)N[C@@H](C)CC)S(=O)(=O)c2ccc(F)cc2)cc1. The maximum Gasteiger partial charge on any atom is 0.264 e. The van der Waals surface area contributed by atoms with E-state index in [2.05, 4.69) is 5.32 Å². The minimum absolute atomic E-state index is 0.00479. The predicted molar refractivity (Wildman–Crippen MR) is 184 cm³/mol. The first-order valence-corrected chi connectivity index (χ1v) is 17.3. The van der Waals surface area contributed by atoms with Gasteiger partial charge in [-0.15, -0.1) is 0 Å². The fourth-order valence-electron chi connectivity index (χ4n) is 5.10. The van der Waals surface area contributed by atoms with E-state index in [4.69, 9.17) is 9.47 Å². The van der Waals surface area contributed by atoms with E-state index >= 15 is 0 Å². The second-order valence-corrected chi connectivity index (χ2v) is 13.2. The molecule has 254 valence electrons. The molecule has 0 saturated carbocycles. The Balaban J connectivity index is 1.82. The molecule has 4 aromatic carbocycles. The highest BCUT2D eigenvalue weighted by atomic mass is 32.2. The number of methoxy groups -OCH3 is 1. The van der Waals surface area contributed by atoms with Crippen molar-refractivity contribution in [2.45, 2.75) is 57.1 Å². The van der Waals surface area contributed by atoms with Gasteiger partial charge in [0.05, 0.1) is 24.3 Å². The topological polar surface area (TPSA) is 105 Å². The third-order valence-corrected chi connectivity index (χ3v) is 9.66. The number of carbonyl (C=O) groups is 2. The van der Waals surface area contributed by atoms with Crippen molar-refractivity contribution in [1.29, 1.82) is 0 Å². The summed E-state index contributed by atoms with van der Waals surface area (Å²) in [5.74, 6) is -0.483. The van der Waals surface area contributed by atoms with Crippen LogP contribution >= 0.6 is 0 Å². The third kappa shape index (κ3) is 9.34. The quantitative estimate of drug-likeness (QED) is 0.157. The van der Waals surface area contributed by atoms with Gasteiger partial charge in [0.2, 0.25) is 11.8 Å². The van der Waals surface area contributed by atoms with Crippen LogP contribution in [0.3, 0.4) is 0 Å². The molecule has 2 atom stereocenters. The fraction of sp³-hybridized carbons (Fsp3) is 0.297. The number of nitrogens with one attached hydrogen (secondary N) is 1. The van der Waals surface area contributed by atoms with Crippen molar-refractivity contribution in [2.24, 2.45) is 0 Å². The molecule has 48 heavy (non-hydrogen) atoms. The van der Waals surface area contributed by atoms with Crippen molar-refractivity contribution in [2.75, 3.05) is 24.6 Å². The molecule has 0 saturated heterocycles. The van der Waals surface area contributed by atoms with Crippen LogP contribution in [0.2, 0.25) is 0 Å². The Morgan fingerprint density at radius 1 is 0.854 bits per heavy atom. The first-order valence-electron chi connectivity index (χ1n) is 15.8. The number of halogens is 1. The number of nitrogens with zero attached hydrogens (tertiary/aromatic N) is 2. The maximum absolute atomic E-state index is 14.6. The van der Waals surface area contributed by atoms with Gasteiger partial charge in [0.15, 0.2) is 0 Å². The summed E-state index contributed by atoms with van der Waals surface area (Å²) in [5.41, 5.74) is 1.71. The van der Waals surface area contributed by atoms with Gasteiger partial charge in [0.25, 0.3) is 10.0 Å². The molecule has 0 aromatic heterocycles. The van der Waals surface area contributed by atoms with E-state index in [1.165, 1.54) is 12.0 Å². The van der Waals surface area contributed by atoms with E-state index in [1.807, 2.05) is 57.2 Å². The van der Waals surface area contributed by atoms with Crippen LogP contribution in [0.15, 0.2) is 108 Å². The molecule has 0 fully saturated rings. The maximum atomic E-state index is 14.6. The zero-order valence-corrected chi connectivity index (χ0v) is 28.5. The van der Waals surface area contributed by atoms with Crippen molar-refractivity contribution in [3.63, 3.8) is 0 Å². The van der Waals surface area contributed by atoms with Crippen LogP contribution in [0, 0.1) is 5.82 Å². The number of rotatable bonds is 16. The minimum Gasteiger partial charge on any atom is -0.497 e. The Morgan fingerprint density at radius 3 is 2.15 bits per heavy atom. The molecule has 11 heteroatoms. The van der Waals surface area contributed by atoms with Crippen LogP contribution in [0.1, 0.15) is 38.3 Å². The summed E-state index contributed by atoms with van der Waals surface area (Å²) < 4.78 is 54.0. The van der Waals surface area contributed by atoms with Crippen molar-refractivity contribution < 1.29 is 31.9 Å². The lowest BCUT2D eigenvalue weighted by atomic mass is 10.0. The van der Waals surface area contributed by atoms with Crippen LogP contribution in [0.4, 0.5) is 10.1 Å². The van der Waals surface area contributed by atoms with E-state index < -0.39 is 34.3 Å². The van der Waals surface area contributed by atoms with Crippen LogP contribution < -0.4 is 19.1 Å². The van der Waals surface area contributed by atoms with Crippen molar-refractivity contribution in [3.05, 3.63) is 120 Å². The first kappa shape index (κ1) is 35.9. The summed E-state index contributed by atoms with van der Waals surface area (Å²) in [6.45, 7) is 5.43. The summed E-state index contributed by atoms with van der Waals surface area (Å²) >= 11 is 0. The molecule has 2 amide bonds. The summed E-state index contributed by atoms with van der Waals surface area (Å²) in [4.78, 5) is 29.8. The average Bonchev–Trinajstić information content (AvgIpc) is 3.09. The molecule has 0 aliphatic carbocycles. The molecule has 0 unspecified atom stereocenters. The third-order valence-electron chi connectivity index (χ3n) is 7.88. The Kier molecular flexibility index (Phi) is 12.6. The van der Waals surface area contributed by atoms with Gasteiger partial charge < -0.3 is 19.7 Å². The lowest BCUT2D eigenvalue weighted by molar-refractivity contribution is -0.140. The second kappa shape index (κ2) is 16.8. The minimum atomic E-state index is -4.38. The molecule has 0 bridgehead atoms. The van der Waals surface area contributed by atoms with E-state index in [9.17, 15) is 22.4 Å². The highest BCUT2D eigenvalue weighted by molar-refractivity contribution is 7.92. The van der Waals surface area contributed by atoms with Crippen molar-refractivity contribution in [3.8, 4) is 11.5 Å². The molecule has 0 radical (unpaired) electrons. The first-order chi connectivity index (χ1) is 23.0. The smallest absolute Gasteiger partial charge is 0.264 e. The lowest BCUT2D eigenvalue weighted by Gasteiger charge is -2.34. The number of amides is 2. The van der Waals surface area contributed by atoms with Gasteiger partial charge in [-0.05, 0) is 92.1 Å². The molecule has 0 aliphatic heterocycles. The van der Waals surface area contributed by atoms with E-state index in [-0.39, 0.29) is 35.5 Å². The van der Waals surface area contributed by atoms with E-state index in [0.29, 0.717) is 30.1 Å². The van der Waals surface area contributed by atoms with E-state index in [1.54, 1.807) is 42.5 Å². The number of hydrogen-bond donors (Lipinski definition) is 1. The molecule has 4 aromatic rings. The van der Waals surface area contributed by atoms with Crippen LogP contribution in [-0.4, -0.2) is 57.5 Å². The van der Waals surface area contributed by atoms with Crippen LogP contribution in [-0.2, 0) is 32.6 Å². The highest BCUT2D eigenvalue weighted by Gasteiger charge is 2.35. The van der Waals surface area contributed by atoms with Crippen LogP contribution in [0.25, 0.3) is 0 Å². The van der Waals surface area contributed by atoms with Gasteiger partial charge in [-0.25, -0.2) is 12.8 Å². The second-order valence-electron chi connectivity index (χ2n) is 11.3. The molecule has 4 rings (SSSR count). The Hall–Kier alpha value is -4.90. The number of carbonyl (C=O) groups excluding carboxylic acids is 2. The van der Waals surface area contributed by atoms with E-state index in [0.717, 1.165) is 34.1 Å². The van der Waals surface area contributed by atoms with Gasteiger partial charge >= 0.3 is 0 Å². The largest absolute Gasteiger partial charge is 0.497 e. The monoisotopic (exact) mass is 675 g/mol. The molecular weight excluding hydrogens is 633 g/mol. The van der Waals surface area contributed by atoms with Crippen molar-refractivity contribution >= 4 is 27.5 Å². The predicted octanol–water partition coefficient (Wildman–Crippen LogP) is 5.98. The number of sulfonamides is 1. The normalized spacial score (nSPS) is 12.4. The molecule has 9 nitrogen and oxygen atoms in total. The number of anilines is 1. The summed E-state index contributed by atoms with van der Waals surface area (Å²) in [5, 5.41) is 3.02. The average molecular weight is 676 g/mol. The van der Waals surface area contributed by atoms with Crippen molar-refractivity contribution in [1.82, 2.24) is 10.2 Å². The Labute approximate surface area is 282 Å². The molecule has 0 spiro atoms. The van der Waals surface area contributed by atoms with Gasteiger partial charge in [0.1, 0.15) is 29.9 Å². The summed E-state index contributed by atoms with van der Waals surface area (Å²) in [7, 11) is -2.84. The molecular formula is C37H42FN3O6S. The van der Waals surface area contributed by atoms with Gasteiger partial charge in [0, 0.05) is 19.0 Å². The molecule has 0 heterocycles. The molecule has 1 N–H and O–H groups in total. The summed E-state index contributed by atoms with van der Waals surface area (Å²) in [6.07, 6.45) is 0.863. The standard InChI is InChI=1S/C37H42FN3O6S/c1-5-27(3)39-37(43)35(24-28-11-8-7-9-12-28)40(25-29-13-10-14-33(23-29)46-4)36(42)26-41(31-17-19-32(20-18-31)47-6-2)48(44,45)34-21-15-30(38)16-22-34/h7-23,27,35H,5-6,24-26H2,1-4H3,(H,39,43)/t27-,35+/m0/s1. The number of hydrogen-bond acceptors (Lipinski definition) is 6. The number of benzene rings is 4. The van der Waals surface area contributed by atoms with Gasteiger partial charge in [-0.1, -0.05) is 49.4 Å². The molecule has 0 aliphatic rings. The fourth-order valence-corrected chi connectivity index (χ4v) is 6.51.